The summed E-state index contributed by atoms with van der Waals surface area (Å²) < 4.78 is 9.26. The van der Waals surface area contributed by atoms with E-state index in [2.05, 4.69) is 0 Å². The third-order valence-corrected chi connectivity index (χ3v) is 0.362. The maximum atomic E-state index is 9.26. The maximum absolute atomic E-state index is 9.26. The monoisotopic (exact) mass is 92.0 g/mol. The van der Waals surface area contributed by atoms with Gasteiger partial charge in [-0.15, -0.1) is 0 Å². The first-order valence-electron chi connectivity index (χ1n) is 1.09. The molecule has 0 heterocycles. The quantitative estimate of drug-likeness (QED) is 0.424. The van der Waals surface area contributed by atoms with Gasteiger partial charge in [-0.05, 0) is 6.92 Å². The molecule has 0 aromatic carbocycles. The van der Waals surface area contributed by atoms with Crippen molar-refractivity contribution >= 4 is 16.3 Å². The fourth-order valence-electron chi connectivity index (χ4n) is 0. The molecule has 0 aromatic heterocycles. The van der Waals surface area contributed by atoms with Crippen molar-refractivity contribution in [3.05, 3.63) is 0 Å². The van der Waals surface area contributed by atoms with Crippen LogP contribution in [0.4, 0.5) is 0 Å². The molecular formula is C2H4O2S. The van der Waals surface area contributed by atoms with E-state index in [0.29, 0.717) is 0 Å². The van der Waals surface area contributed by atoms with Crippen molar-refractivity contribution in [2.24, 2.45) is 0 Å². The zero-order chi connectivity index (χ0) is 4.28. The van der Waals surface area contributed by atoms with Gasteiger partial charge in [-0.2, -0.15) is 0 Å². The van der Waals surface area contributed by atoms with Gasteiger partial charge in [0.15, 0.2) is 0 Å². The lowest BCUT2D eigenvalue weighted by Crippen LogP contribution is -1.80. The van der Waals surface area contributed by atoms with Crippen LogP contribution in [0.2, 0.25) is 0 Å². The van der Waals surface area contributed by atoms with Crippen LogP contribution in [-0.2, 0) is 11.3 Å². The third kappa shape index (κ3) is 3.85. The highest BCUT2D eigenvalue weighted by Gasteiger charge is 1.65. The van der Waals surface area contributed by atoms with Crippen LogP contribution >= 0.6 is 0 Å². The topological polar surface area (TPSA) is 37.3 Å². The fourth-order valence-corrected chi connectivity index (χ4v) is 0. The lowest BCUT2D eigenvalue weighted by Gasteiger charge is -1.62. The van der Waals surface area contributed by atoms with E-state index in [1.165, 1.54) is 6.92 Å². The van der Waals surface area contributed by atoms with Gasteiger partial charge < -0.3 is 5.11 Å². The molecule has 30 valence electrons. The van der Waals surface area contributed by atoms with Gasteiger partial charge >= 0.3 is 0 Å². The Labute approximate surface area is 33.5 Å². The first kappa shape index (κ1) is 4.85. The first-order chi connectivity index (χ1) is 2.27. The van der Waals surface area contributed by atoms with Crippen LogP contribution in [0.1, 0.15) is 6.92 Å². The maximum Gasteiger partial charge on any atom is 0.139 e. The predicted molar refractivity (Wildman–Crippen MR) is 21.5 cm³/mol. The summed E-state index contributed by atoms with van der Waals surface area (Å²) in [5.41, 5.74) is 0. The predicted octanol–water partition coefficient (Wildman–Crippen LogP) is -0.0928. The van der Waals surface area contributed by atoms with Crippen molar-refractivity contribution in [2.75, 3.05) is 0 Å². The Kier molecular flexibility index (Phi) is 2.05. The SMILES string of the molecule is CC(O)=S=O. The Morgan fingerprint density at radius 3 is 2.20 bits per heavy atom. The van der Waals surface area contributed by atoms with Gasteiger partial charge in [0.2, 0.25) is 0 Å². The molecule has 1 N–H and O–H groups in total. The van der Waals surface area contributed by atoms with Gasteiger partial charge in [-0.25, -0.2) is 4.21 Å². The summed E-state index contributed by atoms with van der Waals surface area (Å²) in [4.78, 5) is 0. The van der Waals surface area contributed by atoms with Crippen LogP contribution < -0.4 is 0 Å². The van der Waals surface area contributed by atoms with Crippen molar-refractivity contribution in [1.29, 1.82) is 0 Å². The Hall–Kier alpha value is -0.150. The normalized spacial score (nSPS) is 6.80. The minimum Gasteiger partial charge on any atom is -0.353 e. The molecule has 0 aliphatic heterocycles. The number of aliphatic hydroxyl groups is 1. The van der Waals surface area contributed by atoms with E-state index in [9.17, 15) is 4.21 Å². The van der Waals surface area contributed by atoms with E-state index in [4.69, 9.17) is 5.11 Å². The zero-order valence-electron chi connectivity index (χ0n) is 2.76. The van der Waals surface area contributed by atoms with Crippen molar-refractivity contribution < 1.29 is 9.32 Å². The summed E-state index contributed by atoms with van der Waals surface area (Å²) in [6, 6.07) is 0. The third-order valence-electron chi connectivity index (χ3n) is 0.121. The largest absolute Gasteiger partial charge is 0.353 e. The molecule has 0 aliphatic rings. The molecule has 0 amide bonds. The van der Waals surface area contributed by atoms with E-state index in [-0.39, 0.29) is 16.3 Å². The average molecular weight is 92.1 g/mol. The number of aliphatic hydroxyl groups excluding tert-OH is 1. The van der Waals surface area contributed by atoms with Crippen LogP contribution in [0, 0.1) is 0 Å². The highest BCUT2D eigenvalue weighted by molar-refractivity contribution is 7.65. The minimum atomic E-state index is -0.134. The Balaban J connectivity index is 3.60. The van der Waals surface area contributed by atoms with E-state index in [1.54, 1.807) is 0 Å². The van der Waals surface area contributed by atoms with Gasteiger partial charge in [-0.3, -0.25) is 0 Å². The zero-order valence-corrected chi connectivity index (χ0v) is 3.58. The van der Waals surface area contributed by atoms with Gasteiger partial charge in [0.05, 0.1) is 0 Å². The highest BCUT2D eigenvalue weighted by atomic mass is 32.1. The van der Waals surface area contributed by atoms with Gasteiger partial charge in [0.25, 0.3) is 0 Å². The molecule has 0 aliphatic carbocycles. The molecule has 0 atom stereocenters. The summed E-state index contributed by atoms with van der Waals surface area (Å²) in [6.07, 6.45) is 0. The molecule has 0 bridgehead atoms. The van der Waals surface area contributed by atoms with E-state index < -0.39 is 0 Å². The molecule has 0 aromatic rings. The summed E-state index contributed by atoms with van der Waals surface area (Å²) in [5.74, 6) is 0. The van der Waals surface area contributed by atoms with E-state index in [1.807, 2.05) is 0 Å². The highest BCUT2D eigenvalue weighted by Crippen LogP contribution is 1.47. The van der Waals surface area contributed by atoms with Crippen molar-refractivity contribution in [2.45, 2.75) is 6.92 Å². The lowest BCUT2D eigenvalue weighted by atomic mass is 10.9. The van der Waals surface area contributed by atoms with Crippen LogP contribution in [0.5, 0.6) is 0 Å². The van der Waals surface area contributed by atoms with Gasteiger partial charge in [-0.1, -0.05) is 0 Å². The van der Waals surface area contributed by atoms with Crippen LogP contribution in [0.25, 0.3) is 0 Å². The number of rotatable bonds is 0. The number of hydrogen-bond acceptors (Lipinski definition) is 1. The Bertz CT molecular complexity index is 67.7. The fraction of sp³-hybridized carbons (Fsp3) is 0.500. The molecule has 0 saturated heterocycles. The Morgan fingerprint density at radius 2 is 2.20 bits per heavy atom. The molecule has 3 heteroatoms. The second kappa shape index (κ2) is 2.11. The number of hydrogen-bond donors (Lipinski definition) is 1. The van der Waals surface area contributed by atoms with Gasteiger partial charge in [0, 0.05) is 0 Å². The second-order valence-corrected chi connectivity index (χ2v) is 1.36. The molecule has 2 nitrogen and oxygen atoms in total. The average Bonchev–Trinajstić information content (AvgIpc) is 1.38. The Morgan fingerprint density at radius 1 is 2.00 bits per heavy atom. The lowest BCUT2D eigenvalue weighted by molar-refractivity contribution is 0.562. The van der Waals surface area contributed by atoms with Crippen molar-refractivity contribution in [3.63, 3.8) is 0 Å². The molecule has 0 saturated carbocycles. The first-order valence-corrected chi connectivity index (χ1v) is 1.84. The standard InChI is InChI=1S/C2H4O2S/c1-2(3)5-4/h3H,1H3. The summed E-state index contributed by atoms with van der Waals surface area (Å²) in [7, 11) is 0. The molecule has 0 rings (SSSR count). The molecule has 5 heavy (non-hydrogen) atoms. The van der Waals surface area contributed by atoms with Crippen LogP contribution in [0.15, 0.2) is 0 Å². The van der Waals surface area contributed by atoms with Crippen molar-refractivity contribution in [3.8, 4) is 0 Å². The molecular weight excluding hydrogens is 88.1 g/mol. The van der Waals surface area contributed by atoms with Crippen LogP contribution in [-0.4, -0.2) is 14.4 Å². The molecule has 0 spiro atoms. The van der Waals surface area contributed by atoms with E-state index in [0.717, 1.165) is 0 Å². The van der Waals surface area contributed by atoms with Crippen LogP contribution in [0.3, 0.4) is 0 Å². The summed E-state index contributed by atoms with van der Waals surface area (Å²) in [6.45, 7) is 1.34. The smallest absolute Gasteiger partial charge is 0.139 e. The van der Waals surface area contributed by atoms with Gasteiger partial charge in [0.1, 0.15) is 16.3 Å². The second-order valence-electron chi connectivity index (χ2n) is 0.602. The van der Waals surface area contributed by atoms with Crippen molar-refractivity contribution in [1.82, 2.24) is 0 Å². The summed E-state index contributed by atoms with van der Waals surface area (Å²) >= 11 is 0.102. The molecule has 0 fully saturated rings. The minimum absolute atomic E-state index is 0.102. The molecule has 0 unspecified atom stereocenters. The summed E-state index contributed by atoms with van der Waals surface area (Å²) in [5, 5.41) is 7.79. The molecule has 0 radical (unpaired) electrons. The van der Waals surface area contributed by atoms with E-state index >= 15 is 0 Å².